The summed E-state index contributed by atoms with van der Waals surface area (Å²) < 4.78 is 0. The van der Waals surface area contributed by atoms with Crippen LogP contribution in [0.2, 0.25) is 0 Å². The van der Waals surface area contributed by atoms with Gasteiger partial charge in [0.25, 0.3) is 0 Å². The Kier molecular flexibility index (Phi) is 4.37. The first-order chi connectivity index (χ1) is 9.83. The third-order valence-electron chi connectivity index (χ3n) is 4.80. The molecule has 1 nitrogen and oxygen atoms in total. The minimum atomic E-state index is 0.641. The summed E-state index contributed by atoms with van der Waals surface area (Å²) in [7, 11) is 0. The molecule has 3 rings (SSSR count). The predicted octanol–water partition coefficient (Wildman–Crippen LogP) is 4.90. The van der Waals surface area contributed by atoms with Gasteiger partial charge in [-0.1, -0.05) is 55.7 Å². The van der Waals surface area contributed by atoms with Crippen LogP contribution in [0, 0.1) is 5.92 Å². The summed E-state index contributed by atoms with van der Waals surface area (Å²) in [5.74, 6) is 0.879. The Labute approximate surface area is 122 Å². The van der Waals surface area contributed by atoms with Crippen molar-refractivity contribution in [3.05, 3.63) is 48.0 Å². The number of hydrogen-bond acceptors (Lipinski definition) is 1. The number of nitrogens with one attached hydrogen (secondary N) is 1. The maximum absolute atomic E-state index is 3.73. The van der Waals surface area contributed by atoms with E-state index in [1.165, 1.54) is 48.4 Å². The molecule has 2 aromatic rings. The molecule has 1 fully saturated rings. The molecule has 0 saturated heterocycles. The molecular formula is C19H25N. The van der Waals surface area contributed by atoms with E-state index in [1.54, 1.807) is 0 Å². The van der Waals surface area contributed by atoms with Crippen molar-refractivity contribution >= 4 is 10.8 Å². The monoisotopic (exact) mass is 267 g/mol. The van der Waals surface area contributed by atoms with Crippen LogP contribution in [0.3, 0.4) is 0 Å². The van der Waals surface area contributed by atoms with E-state index in [0.717, 1.165) is 12.5 Å². The second kappa shape index (κ2) is 6.41. The van der Waals surface area contributed by atoms with Crippen molar-refractivity contribution < 1.29 is 0 Å². The number of rotatable bonds is 4. The lowest BCUT2D eigenvalue weighted by Crippen LogP contribution is -2.34. The van der Waals surface area contributed by atoms with Crippen LogP contribution in [0.25, 0.3) is 10.8 Å². The van der Waals surface area contributed by atoms with Crippen molar-refractivity contribution in [3.8, 4) is 0 Å². The fraction of sp³-hybridized carbons (Fsp3) is 0.474. The first-order valence-electron chi connectivity index (χ1n) is 8.04. The topological polar surface area (TPSA) is 12.0 Å². The fourth-order valence-electron chi connectivity index (χ4n) is 3.43. The van der Waals surface area contributed by atoms with Gasteiger partial charge in [-0.15, -0.1) is 0 Å². The van der Waals surface area contributed by atoms with Crippen molar-refractivity contribution in [3.63, 3.8) is 0 Å². The third-order valence-corrected chi connectivity index (χ3v) is 4.80. The summed E-state index contributed by atoms with van der Waals surface area (Å²) in [6, 6.07) is 16.0. The first kappa shape index (κ1) is 13.6. The molecule has 0 aromatic heterocycles. The lowest BCUT2D eigenvalue weighted by atomic mass is 9.84. The predicted molar refractivity (Wildman–Crippen MR) is 86.8 cm³/mol. The Hall–Kier alpha value is -1.34. The Morgan fingerprint density at radius 3 is 2.55 bits per heavy atom. The van der Waals surface area contributed by atoms with Gasteiger partial charge in [0.2, 0.25) is 0 Å². The smallest absolute Gasteiger partial charge is 0.0208 e. The molecule has 1 heteroatoms. The molecule has 1 aliphatic carbocycles. The minimum absolute atomic E-state index is 0.641. The molecule has 0 heterocycles. The van der Waals surface area contributed by atoms with E-state index in [0.29, 0.717) is 6.04 Å². The normalized spacial score (nSPS) is 18.2. The van der Waals surface area contributed by atoms with Crippen molar-refractivity contribution in [2.45, 2.75) is 51.6 Å². The molecule has 2 aromatic carbocycles. The molecule has 20 heavy (non-hydrogen) atoms. The van der Waals surface area contributed by atoms with Gasteiger partial charge in [-0.2, -0.15) is 0 Å². The van der Waals surface area contributed by atoms with E-state index in [-0.39, 0.29) is 0 Å². The van der Waals surface area contributed by atoms with Gasteiger partial charge in [0, 0.05) is 12.6 Å². The molecule has 0 bridgehead atoms. The molecule has 1 N–H and O–H groups in total. The average molecular weight is 267 g/mol. The van der Waals surface area contributed by atoms with Gasteiger partial charge in [-0.25, -0.2) is 0 Å². The molecule has 1 aliphatic rings. The second-order valence-electron chi connectivity index (χ2n) is 6.25. The van der Waals surface area contributed by atoms with Gasteiger partial charge in [0.05, 0.1) is 0 Å². The van der Waals surface area contributed by atoms with Crippen LogP contribution in [0.1, 0.15) is 44.6 Å². The van der Waals surface area contributed by atoms with Crippen LogP contribution in [-0.2, 0) is 6.54 Å². The zero-order chi connectivity index (χ0) is 13.8. The molecule has 0 radical (unpaired) electrons. The molecular weight excluding hydrogens is 242 g/mol. The second-order valence-corrected chi connectivity index (χ2v) is 6.25. The SMILES string of the molecule is C[C@H](NCc1ccc2ccccc2c1)C1CCCCC1. The number of hydrogen-bond donors (Lipinski definition) is 1. The van der Waals surface area contributed by atoms with Gasteiger partial charge in [-0.05, 0) is 48.1 Å². The Morgan fingerprint density at radius 1 is 1.00 bits per heavy atom. The van der Waals surface area contributed by atoms with Gasteiger partial charge < -0.3 is 5.32 Å². The Bertz CT molecular complexity index is 554. The van der Waals surface area contributed by atoms with Crippen molar-refractivity contribution in [2.75, 3.05) is 0 Å². The van der Waals surface area contributed by atoms with Gasteiger partial charge in [0.1, 0.15) is 0 Å². The summed E-state index contributed by atoms with van der Waals surface area (Å²) in [6.07, 6.45) is 7.10. The van der Waals surface area contributed by atoms with E-state index < -0.39 is 0 Å². The van der Waals surface area contributed by atoms with Crippen molar-refractivity contribution in [1.29, 1.82) is 0 Å². The molecule has 0 spiro atoms. The zero-order valence-corrected chi connectivity index (χ0v) is 12.4. The van der Waals surface area contributed by atoms with Crippen LogP contribution in [0.15, 0.2) is 42.5 Å². The van der Waals surface area contributed by atoms with E-state index in [4.69, 9.17) is 0 Å². The largest absolute Gasteiger partial charge is 0.310 e. The maximum Gasteiger partial charge on any atom is 0.0208 e. The average Bonchev–Trinajstić information content (AvgIpc) is 2.53. The molecule has 0 aliphatic heterocycles. The lowest BCUT2D eigenvalue weighted by Gasteiger charge is -2.28. The molecule has 0 unspecified atom stereocenters. The molecule has 1 atom stereocenters. The molecule has 0 amide bonds. The number of benzene rings is 2. The lowest BCUT2D eigenvalue weighted by molar-refractivity contribution is 0.280. The van der Waals surface area contributed by atoms with E-state index in [9.17, 15) is 0 Å². The third kappa shape index (κ3) is 3.21. The van der Waals surface area contributed by atoms with E-state index in [1.807, 2.05) is 0 Å². The van der Waals surface area contributed by atoms with Gasteiger partial charge >= 0.3 is 0 Å². The summed E-state index contributed by atoms with van der Waals surface area (Å²) in [4.78, 5) is 0. The van der Waals surface area contributed by atoms with E-state index >= 15 is 0 Å². The Morgan fingerprint density at radius 2 is 1.75 bits per heavy atom. The zero-order valence-electron chi connectivity index (χ0n) is 12.4. The standard InChI is InChI=1S/C19H25N/c1-15(17-7-3-2-4-8-17)20-14-16-11-12-18-9-5-6-10-19(18)13-16/h5-6,9-13,15,17,20H,2-4,7-8,14H2,1H3/t15-/m0/s1. The van der Waals surface area contributed by atoms with Crippen molar-refractivity contribution in [1.82, 2.24) is 5.32 Å². The van der Waals surface area contributed by atoms with Crippen molar-refractivity contribution in [2.24, 2.45) is 5.92 Å². The highest BCUT2D eigenvalue weighted by atomic mass is 14.9. The summed E-state index contributed by atoms with van der Waals surface area (Å²) >= 11 is 0. The minimum Gasteiger partial charge on any atom is -0.310 e. The van der Waals surface area contributed by atoms with Crippen LogP contribution in [-0.4, -0.2) is 6.04 Å². The maximum atomic E-state index is 3.73. The highest BCUT2D eigenvalue weighted by Crippen LogP contribution is 2.26. The van der Waals surface area contributed by atoms with Crippen LogP contribution >= 0.6 is 0 Å². The molecule has 106 valence electrons. The van der Waals surface area contributed by atoms with Crippen LogP contribution in [0.5, 0.6) is 0 Å². The van der Waals surface area contributed by atoms with Gasteiger partial charge in [-0.3, -0.25) is 0 Å². The summed E-state index contributed by atoms with van der Waals surface area (Å²) in [5, 5.41) is 6.41. The number of fused-ring (bicyclic) bond motifs is 1. The summed E-state index contributed by atoms with van der Waals surface area (Å²) in [5.41, 5.74) is 1.39. The first-order valence-corrected chi connectivity index (χ1v) is 8.04. The quantitative estimate of drug-likeness (QED) is 0.831. The van der Waals surface area contributed by atoms with Crippen LogP contribution < -0.4 is 5.32 Å². The van der Waals surface area contributed by atoms with Crippen LogP contribution in [0.4, 0.5) is 0 Å². The Balaban J connectivity index is 1.61. The highest BCUT2D eigenvalue weighted by Gasteiger charge is 2.19. The summed E-state index contributed by atoms with van der Waals surface area (Å²) in [6.45, 7) is 3.35. The molecule has 1 saturated carbocycles. The highest BCUT2D eigenvalue weighted by molar-refractivity contribution is 5.82. The van der Waals surface area contributed by atoms with E-state index in [2.05, 4.69) is 54.7 Å². The van der Waals surface area contributed by atoms with Gasteiger partial charge in [0.15, 0.2) is 0 Å². The fourth-order valence-corrected chi connectivity index (χ4v) is 3.43.